The number of nitrogens with one attached hydrogen (secondary N) is 2. The van der Waals surface area contributed by atoms with Crippen LogP contribution in [0.1, 0.15) is 30.7 Å². The number of carbonyl (C=O) groups excluding carboxylic acids is 1. The first-order chi connectivity index (χ1) is 7.66. The summed E-state index contributed by atoms with van der Waals surface area (Å²) in [6.07, 6.45) is 2.57. The van der Waals surface area contributed by atoms with Gasteiger partial charge in [0.1, 0.15) is 0 Å². The predicted molar refractivity (Wildman–Crippen MR) is 60.3 cm³/mol. The average molecular weight is 223 g/mol. The maximum atomic E-state index is 11.7. The number of aromatic amines is 1. The number of hydrogen-bond donors (Lipinski definition) is 2. The van der Waals surface area contributed by atoms with E-state index < -0.39 is 0 Å². The minimum absolute atomic E-state index is 0.000463. The lowest BCUT2D eigenvalue weighted by Gasteiger charge is -2.09. The number of ether oxygens (including phenoxy) is 1. The van der Waals surface area contributed by atoms with E-state index in [0.29, 0.717) is 6.42 Å². The van der Waals surface area contributed by atoms with Crippen LogP contribution < -0.4 is 5.32 Å². The normalized spacial score (nSPS) is 20.0. The molecular weight excluding hydrogens is 206 g/mol. The molecule has 2 rings (SSSR count). The molecule has 1 amide bonds. The fourth-order valence-corrected chi connectivity index (χ4v) is 1.94. The van der Waals surface area contributed by atoms with E-state index in [9.17, 15) is 4.79 Å². The SMILES string of the molecule is Cc1n[nH]c(C)c1NC(=O)CC1CCCO1. The van der Waals surface area contributed by atoms with Gasteiger partial charge in [0.05, 0.1) is 29.6 Å². The highest BCUT2D eigenvalue weighted by atomic mass is 16.5. The first kappa shape index (κ1) is 11.1. The summed E-state index contributed by atoms with van der Waals surface area (Å²) in [7, 11) is 0. The molecule has 1 unspecified atom stereocenters. The summed E-state index contributed by atoms with van der Waals surface area (Å²) in [6.45, 7) is 4.54. The van der Waals surface area contributed by atoms with Crippen LogP contribution in [0.4, 0.5) is 5.69 Å². The Bertz CT molecular complexity index is 361. The van der Waals surface area contributed by atoms with Crippen LogP contribution in [-0.2, 0) is 9.53 Å². The Morgan fingerprint density at radius 3 is 3.00 bits per heavy atom. The van der Waals surface area contributed by atoms with Gasteiger partial charge >= 0.3 is 0 Å². The highest BCUT2D eigenvalue weighted by Crippen LogP contribution is 2.19. The molecule has 1 atom stereocenters. The summed E-state index contributed by atoms with van der Waals surface area (Å²) in [5.41, 5.74) is 2.50. The molecule has 2 N–H and O–H groups in total. The largest absolute Gasteiger partial charge is 0.378 e. The molecule has 1 fully saturated rings. The van der Waals surface area contributed by atoms with Crippen molar-refractivity contribution in [3.05, 3.63) is 11.4 Å². The number of aryl methyl sites for hydroxylation is 2. The molecule has 1 saturated heterocycles. The number of anilines is 1. The molecule has 0 saturated carbocycles. The van der Waals surface area contributed by atoms with Gasteiger partial charge in [-0.2, -0.15) is 5.10 Å². The van der Waals surface area contributed by atoms with Gasteiger partial charge in [0.25, 0.3) is 0 Å². The standard InChI is InChI=1S/C11H17N3O2/c1-7-11(8(2)14-13-7)12-10(15)6-9-4-3-5-16-9/h9H,3-6H2,1-2H3,(H,12,15)(H,13,14). The molecule has 2 heterocycles. The fraction of sp³-hybridized carbons (Fsp3) is 0.636. The van der Waals surface area contributed by atoms with Crippen LogP contribution >= 0.6 is 0 Å². The monoisotopic (exact) mass is 223 g/mol. The highest BCUT2D eigenvalue weighted by molar-refractivity contribution is 5.92. The molecule has 1 aromatic rings. The second-order valence-corrected chi connectivity index (χ2v) is 4.20. The van der Waals surface area contributed by atoms with Gasteiger partial charge in [-0.05, 0) is 26.7 Å². The van der Waals surface area contributed by atoms with Gasteiger partial charge in [0, 0.05) is 6.61 Å². The summed E-state index contributed by atoms with van der Waals surface area (Å²) in [5.74, 6) is -0.000463. The van der Waals surface area contributed by atoms with Gasteiger partial charge in [0.15, 0.2) is 0 Å². The van der Waals surface area contributed by atoms with E-state index in [1.165, 1.54) is 0 Å². The lowest BCUT2D eigenvalue weighted by molar-refractivity contribution is -0.118. The molecular formula is C11H17N3O2. The Kier molecular flexibility index (Phi) is 3.24. The van der Waals surface area contributed by atoms with Crippen LogP contribution in [0.25, 0.3) is 0 Å². The Morgan fingerprint density at radius 1 is 1.62 bits per heavy atom. The zero-order valence-electron chi connectivity index (χ0n) is 9.67. The number of aromatic nitrogens is 2. The van der Waals surface area contributed by atoms with Crippen molar-refractivity contribution in [3.63, 3.8) is 0 Å². The van der Waals surface area contributed by atoms with Crippen LogP contribution in [0.3, 0.4) is 0 Å². The first-order valence-electron chi connectivity index (χ1n) is 5.60. The third kappa shape index (κ3) is 2.41. The average Bonchev–Trinajstić information content (AvgIpc) is 2.83. The summed E-state index contributed by atoms with van der Waals surface area (Å²) in [5, 5.41) is 9.74. The molecule has 0 bridgehead atoms. The Balaban J connectivity index is 1.91. The van der Waals surface area contributed by atoms with Crippen molar-refractivity contribution in [2.24, 2.45) is 0 Å². The molecule has 5 heteroatoms. The molecule has 1 aliphatic rings. The Labute approximate surface area is 94.6 Å². The summed E-state index contributed by atoms with van der Waals surface area (Å²) in [6, 6.07) is 0. The van der Waals surface area contributed by atoms with E-state index in [0.717, 1.165) is 36.5 Å². The fourth-order valence-electron chi connectivity index (χ4n) is 1.94. The van der Waals surface area contributed by atoms with Crippen molar-refractivity contribution >= 4 is 11.6 Å². The van der Waals surface area contributed by atoms with E-state index in [2.05, 4.69) is 15.5 Å². The molecule has 5 nitrogen and oxygen atoms in total. The molecule has 1 aromatic heterocycles. The minimum Gasteiger partial charge on any atom is -0.378 e. The van der Waals surface area contributed by atoms with Crippen molar-refractivity contribution in [2.45, 2.75) is 39.2 Å². The molecule has 88 valence electrons. The maximum Gasteiger partial charge on any atom is 0.227 e. The Morgan fingerprint density at radius 2 is 2.44 bits per heavy atom. The van der Waals surface area contributed by atoms with Crippen LogP contribution in [0.2, 0.25) is 0 Å². The lowest BCUT2D eigenvalue weighted by Crippen LogP contribution is -2.19. The van der Waals surface area contributed by atoms with Crippen molar-refractivity contribution < 1.29 is 9.53 Å². The lowest BCUT2D eigenvalue weighted by atomic mass is 10.1. The smallest absolute Gasteiger partial charge is 0.227 e. The first-order valence-corrected chi connectivity index (χ1v) is 5.60. The zero-order chi connectivity index (χ0) is 11.5. The van der Waals surface area contributed by atoms with Crippen molar-refractivity contribution in [2.75, 3.05) is 11.9 Å². The van der Waals surface area contributed by atoms with Gasteiger partial charge in [0.2, 0.25) is 5.91 Å². The summed E-state index contributed by atoms with van der Waals surface area (Å²) >= 11 is 0. The van der Waals surface area contributed by atoms with Gasteiger partial charge in [-0.15, -0.1) is 0 Å². The van der Waals surface area contributed by atoms with Gasteiger partial charge in [-0.25, -0.2) is 0 Å². The van der Waals surface area contributed by atoms with Gasteiger partial charge < -0.3 is 10.1 Å². The molecule has 16 heavy (non-hydrogen) atoms. The van der Waals surface area contributed by atoms with Crippen molar-refractivity contribution in [1.82, 2.24) is 10.2 Å². The number of hydrogen-bond acceptors (Lipinski definition) is 3. The maximum absolute atomic E-state index is 11.7. The second kappa shape index (κ2) is 4.65. The van der Waals surface area contributed by atoms with Crippen LogP contribution in [0.15, 0.2) is 0 Å². The summed E-state index contributed by atoms with van der Waals surface area (Å²) < 4.78 is 5.42. The van der Waals surface area contributed by atoms with E-state index in [4.69, 9.17) is 4.74 Å². The van der Waals surface area contributed by atoms with E-state index in [-0.39, 0.29) is 12.0 Å². The van der Waals surface area contributed by atoms with Gasteiger partial charge in [-0.1, -0.05) is 0 Å². The van der Waals surface area contributed by atoms with E-state index in [1.807, 2.05) is 13.8 Å². The van der Waals surface area contributed by atoms with Crippen LogP contribution in [0.5, 0.6) is 0 Å². The summed E-state index contributed by atoms with van der Waals surface area (Å²) in [4.78, 5) is 11.7. The molecule has 0 radical (unpaired) electrons. The highest BCUT2D eigenvalue weighted by Gasteiger charge is 2.20. The van der Waals surface area contributed by atoms with Crippen LogP contribution in [-0.4, -0.2) is 28.8 Å². The third-order valence-electron chi connectivity index (χ3n) is 2.83. The number of H-pyrrole nitrogens is 1. The molecule has 0 aromatic carbocycles. The quantitative estimate of drug-likeness (QED) is 0.816. The minimum atomic E-state index is -0.000463. The topological polar surface area (TPSA) is 67.0 Å². The molecule has 1 aliphatic heterocycles. The number of carbonyl (C=O) groups is 1. The van der Waals surface area contributed by atoms with E-state index in [1.54, 1.807) is 0 Å². The zero-order valence-corrected chi connectivity index (χ0v) is 9.67. The van der Waals surface area contributed by atoms with Gasteiger partial charge in [-0.3, -0.25) is 9.89 Å². The second-order valence-electron chi connectivity index (χ2n) is 4.20. The number of rotatable bonds is 3. The van der Waals surface area contributed by atoms with Crippen molar-refractivity contribution in [3.8, 4) is 0 Å². The molecule has 0 aliphatic carbocycles. The third-order valence-corrected chi connectivity index (χ3v) is 2.83. The van der Waals surface area contributed by atoms with Crippen LogP contribution in [0, 0.1) is 13.8 Å². The van der Waals surface area contributed by atoms with Crippen molar-refractivity contribution in [1.29, 1.82) is 0 Å². The number of amides is 1. The Hall–Kier alpha value is -1.36. The predicted octanol–water partition coefficient (Wildman–Crippen LogP) is 1.53. The number of nitrogens with zero attached hydrogens (tertiary/aromatic N) is 1. The van der Waals surface area contributed by atoms with E-state index >= 15 is 0 Å². The molecule has 0 spiro atoms.